The number of nitriles is 1. The highest BCUT2D eigenvalue weighted by molar-refractivity contribution is 7.98. The van der Waals surface area contributed by atoms with Crippen LogP contribution in [-0.4, -0.2) is 25.3 Å². The van der Waals surface area contributed by atoms with Gasteiger partial charge in [-0.25, -0.2) is 4.39 Å². The van der Waals surface area contributed by atoms with E-state index >= 15 is 0 Å². The predicted octanol–water partition coefficient (Wildman–Crippen LogP) is 2.85. The Labute approximate surface area is 131 Å². The van der Waals surface area contributed by atoms with Gasteiger partial charge in [0.15, 0.2) is 10.9 Å². The van der Waals surface area contributed by atoms with Crippen LogP contribution in [0.15, 0.2) is 39.8 Å². The summed E-state index contributed by atoms with van der Waals surface area (Å²) in [5.74, 6) is -0.647. The lowest BCUT2D eigenvalue weighted by Gasteiger charge is -2.09. The third-order valence-electron chi connectivity index (χ3n) is 2.86. The average molecular weight is 319 g/mol. The first-order valence-electron chi connectivity index (χ1n) is 6.50. The van der Waals surface area contributed by atoms with Gasteiger partial charge in [-0.2, -0.15) is 5.26 Å². The molecular formula is C15H14FN3O2S. The number of hydrogen-bond acceptors (Lipinski definition) is 5. The van der Waals surface area contributed by atoms with Crippen molar-refractivity contribution < 1.29 is 13.6 Å². The molecule has 0 spiro atoms. The Balaban J connectivity index is 1.84. The van der Waals surface area contributed by atoms with E-state index in [0.29, 0.717) is 23.9 Å². The van der Waals surface area contributed by atoms with Crippen LogP contribution >= 0.6 is 11.8 Å². The fourth-order valence-electron chi connectivity index (χ4n) is 1.80. The van der Waals surface area contributed by atoms with Gasteiger partial charge in [0.25, 0.3) is 5.91 Å². The molecule has 2 rings (SSSR count). The normalized spacial score (nSPS) is 10.0. The molecule has 2 N–H and O–H groups in total. The Morgan fingerprint density at radius 2 is 2.18 bits per heavy atom. The van der Waals surface area contributed by atoms with E-state index in [0.717, 1.165) is 0 Å². The molecule has 0 unspecified atom stereocenters. The van der Waals surface area contributed by atoms with Gasteiger partial charge in [-0.15, -0.1) is 0 Å². The van der Waals surface area contributed by atoms with Gasteiger partial charge >= 0.3 is 0 Å². The van der Waals surface area contributed by atoms with Gasteiger partial charge in [0.2, 0.25) is 0 Å². The van der Waals surface area contributed by atoms with Crippen molar-refractivity contribution in [2.45, 2.75) is 5.09 Å². The standard InChI is InChI=1S/C15H14FN3O2S/c1-22-14-6-5-13(21-14)15(20)19-8-7-18-12-4-2-3-11(16)10(12)9-17/h2-6,18H,7-8H2,1H3,(H,19,20). The number of carbonyl (C=O) groups is 1. The van der Waals surface area contributed by atoms with Crippen LogP contribution in [0.4, 0.5) is 10.1 Å². The number of anilines is 1. The van der Waals surface area contributed by atoms with E-state index < -0.39 is 5.82 Å². The van der Waals surface area contributed by atoms with Crippen molar-refractivity contribution in [3.63, 3.8) is 0 Å². The SMILES string of the molecule is CSc1ccc(C(=O)NCCNc2cccc(F)c2C#N)o1. The molecule has 0 bridgehead atoms. The zero-order chi connectivity index (χ0) is 15.9. The minimum atomic E-state index is -0.572. The minimum Gasteiger partial charge on any atom is -0.445 e. The van der Waals surface area contributed by atoms with Crippen molar-refractivity contribution >= 4 is 23.4 Å². The number of amides is 1. The van der Waals surface area contributed by atoms with Crippen molar-refractivity contribution in [1.29, 1.82) is 5.26 Å². The molecular weight excluding hydrogens is 305 g/mol. The third kappa shape index (κ3) is 3.80. The fourth-order valence-corrected chi connectivity index (χ4v) is 2.17. The van der Waals surface area contributed by atoms with Gasteiger partial charge in [-0.05, 0) is 30.5 Å². The van der Waals surface area contributed by atoms with E-state index in [9.17, 15) is 9.18 Å². The Morgan fingerprint density at radius 3 is 2.86 bits per heavy atom. The number of halogens is 1. The Bertz CT molecular complexity index is 709. The van der Waals surface area contributed by atoms with Crippen molar-refractivity contribution in [2.75, 3.05) is 24.7 Å². The number of carbonyl (C=O) groups excluding carboxylic acids is 1. The largest absolute Gasteiger partial charge is 0.445 e. The summed E-state index contributed by atoms with van der Waals surface area (Å²) in [6, 6.07) is 9.50. The molecule has 1 aromatic carbocycles. The molecule has 1 amide bonds. The second kappa shape index (κ2) is 7.52. The zero-order valence-electron chi connectivity index (χ0n) is 11.9. The first kappa shape index (κ1) is 15.9. The number of rotatable bonds is 6. The third-order valence-corrected chi connectivity index (χ3v) is 3.48. The van der Waals surface area contributed by atoms with Crippen LogP contribution in [0.25, 0.3) is 0 Å². The topological polar surface area (TPSA) is 78.1 Å². The number of nitrogens with zero attached hydrogens (tertiary/aromatic N) is 1. The second-order valence-corrected chi connectivity index (χ2v) is 5.09. The first-order valence-corrected chi connectivity index (χ1v) is 7.72. The summed E-state index contributed by atoms with van der Waals surface area (Å²) in [7, 11) is 0. The summed E-state index contributed by atoms with van der Waals surface area (Å²) >= 11 is 1.41. The van der Waals surface area contributed by atoms with E-state index in [-0.39, 0.29) is 17.2 Å². The van der Waals surface area contributed by atoms with Crippen LogP contribution in [0.5, 0.6) is 0 Å². The van der Waals surface area contributed by atoms with Crippen molar-refractivity contribution in [3.8, 4) is 6.07 Å². The van der Waals surface area contributed by atoms with E-state index in [2.05, 4.69) is 10.6 Å². The molecule has 0 radical (unpaired) electrons. The lowest BCUT2D eigenvalue weighted by atomic mass is 10.2. The van der Waals surface area contributed by atoms with Crippen LogP contribution < -0.4 is 10.6 Å². The molecule has 0 saturated carbocycles. The van der Waals surface area contributed by atoms with Crippen LogP contribution in [0.3, 0.4) is 0 Å². The van der Waals surface area contributed by atoms with Gasteiger partial charge < -0.3 is 15.1 Å². The maximum absolute atomic E-state index is 13.4. The molecule has 0 saturated heterocycles. The molecule has 1 aromatic heterocycles. The number of hydrogen-bond donors (Lipinski definition) is 2. The van der Waals surface area contributed by atoms with Crippen LogP contribution in [0.1, 0.15) is 16.1 Å². The fraction of sp³-hybridized carbons (Fsp3) is 0.200. The molecule has 0 aliphatic carbocycles. The molecule has 22 heavy (non-hydrogen) atoms. The molecule has 0 aliphatic rings. The van der Waals surface area contributed by atoms with Crippen molar-refractivity contribution in [1.82, 2.24) is 5.32 Å². The number of nitrogens with one attached hydrogen (secondary N) is 2. The molecule has 5 nitrogen and oxygen atoms in total. The maximum Gasteiger partial charge on any atom is 0.287 e. The van der Waals surface area contributed by atoms with Gasteiger partial charge in [-0.3, -0.25) is 4.79 Å². The Hall–Kier alpha value is -2.46. The smallest absolute Gasteiger partial charge is 0.287 e. The Morgan fingerprint density at radius 1 is 1.36 bits per heavy atom. The summed E-state index contributed by atoms with van der Waals surface area (Å²) in [5.41, 5.74) is 0.365. The zero-order valence-corrected chi connectivity index (χ0v) is 12.7. The lowest BCUT2D eigenvalue weighted by molar-refractivity contribution is 0.0922. The van der Waals surface area contributed by atoms with Crippen LogP contribution in [-0.2, 0) is 0 Å². The van der Waals surface area contributed by atoms with Crippen molar-refractivity contribution in [3.05, 3.63) is 47.5 Å². The monoisotopic (exact) mass is 319 g/mol. The summed E-state index contributed by atoms with van der Waals surface area (Å²) in [5, 5.41) is 15.2. The summed E-state index contributed by atoms with van der Waals surface area (Å²) in [6.07, 6.45) is 1.86. The number of furan rings is 1. The minimum absolute atomic E-state index is 0.0375. The van der Waals surface area contributed by atoms with Gasteiger partial charge in [0, 0.05) is 13.1 Å². The van der Waals surface area contributed by atoms with Crippen LogP contribution in [0, 0.1) is 17.1 Å². The summed E-state index contributed by atoms with van der Waals surface area (Å²) < 4.78 is 18.7. The first-order chi connectivity index (χ1) is 10.7. The lowest BCUT2D eigenvalue weighted by Crippen LogP contribution is -2.28. The average Bonchev–Trinajstić information content (AvgIpc) is 3.00. The summed E-state index contributed by atoms with van der Waals surface area (Å²) in [4.78, 5) is 11.8. The van der Waals surface area contributed by atoms with E-state index in [1.165, 1.54) is 23.9 Å². The van der Waals surface area contributed by atoms with Gasteiger partial charge in [0.05, 0.1) is 5.69 Å². The molecule has 0 atom stereocenters. The van der Waals surface area contributed by atoms with E-state index in [4.69, 9.17) is 9.68 Å². The molecule has 7 heteroatoms. The van der Waals surface area contributed by atoms with Gasteiger partial charge in [0.1, 0.15) is 17.4 Å². The Kier molecular flexibility index (Phi) is 5.44. The van der Waals surface area contributed by atoms with Crippen molar-refractivity contribution in [2.24, 2.45) is 0 Å². The highest BCUT2D eigenvalue weighted by Gasteiger charge is 2.10. The van der Waals surface area contributed by atoms with E-state index in [1.807, 2.05) is 6.26 Å². The highest BCUT2D eigenvalue weighted by Crippen LogP contribution is 2.18. The maximum atomic E-state index is 13.4. The number of benzene rings is 1. The van der Waals surface area contributed by atoms with Crippen LogP contribution in [0.2, 0.25) is 0 Å². The predicted molar refractivity (Wildman–Crippen MR) is 82.4 cm³/mol. The van der Waals surface area contributed by atoms with Gasteiger partial charge in [-0.1, -0.05) is 17.8 Å². The molecule has 2 aromatic rings. The van der Waals surface area contributed by atoms with E-state index in [1.54, 1.807) is 24.3 Å². The number of thioether (sulfide) groups is 1. The molecule has 114 valence electrons. The molecule has 0 aliphatic heterocycles. The quantitative estimate of drug-likeness (QED) is 0.632. The molecule has 1 heterocycles. The molecule has 0 fully saturated rings. The summed E-state index contributed by atoms with van der Waals surface area (Å²) in [6.45, 7) is 0.676. The highest BCUT2D eigenvalue weighted by atomic mass is 32.2. The second-order valence-electron chi connectivity index (χ2n) is 4.28.